The molecule has 1 amide bonds. The summed E-state index contributed by atoms with van der Waals surface area (Å²) in [6, 6.07) is 18.9. The topological polar surface area (TPSA) is 105 Å². The molecule has 0 aliphatic rings. The summed E-state index contributed by atoms with van der Waals surface area (Å²) in [6.45, 7) is 1.92. The number of nitriles is 1. The number of halogens is 1. The van der Waals surface area contributed by atoms with Crippen LogP contribution >= 0.6 is 11.6 Å². The van der Waals surface area contributed by atoms with Crippen LogP contribution in [0, 0.1) is 18.3 Å². The van der Waals surface area contributed by atoms with Crippen molar-refractivity contribution in [2.24, 2.45) is 0 Å². The van der Waals surface area contributed by atoms with E-state index in [4.69, 9.17) is 20.5 Å². The third-order valence-corrected chi connectivity index (χ3v) is 5.98. The van der Waals surface area contributed by atoms with Crippen LogP contribution in [-0.2, 0) is 14.9 Å². The number of anilines is 1. The van der Waals surface area contributed by atoms with Crippen molar-refractivity contribution in [1.29, 1.82) is 5.26 Å². The quantitative estimate of drug-likeness (QED) is 0.289. The summed E-state index contributed by atoms with van der Waals surface area (Å²) >= 11 is 5.80. The van der Waals surface area contributed by atoms with Crippen LogP contribution in [0.5, 0.6) is 11.5 Å². The van der Waals surface area contributed by atoms with Crippen LogP contribution in [0.25, 0.3) is 6.08 Å². The van der Waals surface area contributed by atoms with E-state index in [1.807, 2.05) is 25.1 Å². The molecule has 0 saturated carbocycles. The number of nitrogens with one attached hydrogen (secondary N) is 1. The fourth-order valence-electron chi connectivity index (χ4n) is 2.76. The van der Waals surface area contributed by atoms with Gasteiger partial charge in [0.05, 0.1) is 7.11 Å². The lowest BCUT2D eigenvalue weighted by atomic mass is 10.1. The molecule has 1 N–H and O–H groups in total. The second kappa shape index (κ2) is 10.2. The van der Waals surface area contributed by atoms with E-state index in [0.717, 1.165) is 5.56 Å². The molecule has 3 aromatic carbocycles. The van der Waals surface area contributed by atoms with Gasteiger partial charge in [0.2, 0.25) is 0 Å². The molecule has 0 aromatic heterocycles. The Morgan fingerprint density at radius 3 is 2.30 bits per heavy atom. The van der Waals surface area contributed by atoms with Crippen molar-refractivity contribution in [2.45, 2.75) is 11.8 Å². The largest absolute Gasteiger partial charge is 0.493 e. The van der Waals surface area contributed by atoms with E-state index >= 15 is 0 Å². The number of hydrogen-bond donors (Lipinski definition) is 1. The van der Waals surface area contributed by atoms with E-state index in [0.29, 0.717) is 16.3 Å². The van der Waals surface area contributed by atoms with Gasteiger partial charge in [-0.3, -0.25) is 4.79 Å². The maximum atomic E-state index is 12.5. The SMILES string of the molecule is COc1cc(/C=C(\C#N)C(=O)Nc2ccc(C)cc2)ccc1OS(=O)(=O)c1ccc(Cl)cc1. The van der Waals surface area contributed by atoms with Crippen LogP contribution in [-0.4, -0.2) is 21.4 Å². The molecule has 0 fully saturated rings. The van der Waals surface area contributed by atoms with Crippen LogP contribution in [0.1, 0.15) is 11.1 Å². The first-order valence-electron chi connectivity index (χ1n) is 9.60. The molecule has 3 aromatic rings. The predicted octanol–water partition coefficient (Wildman–Crippen LogP) is 4.97. The number of hydrogen-bond acceptors (Lipinski definition) is 6. The molecule has 7 nitrogen and oxygen atoms in total. The van der Waals surface area contributed by atoms with Crippen molar-refractivity contribution in [2.75, 3.05) is 12.4 Å². The summed E-state index contributed by atoms with van der Waals surface area (Å²) < 4.78 is 35.5. The van der Waals surface area contributed by atoms with E-state index in [1.54, 1.807) is 12.1 Å². The highest BCUT2D eigenvalue weighted by Gasteiger charge is 2.19. The Morgan fingerprint density at radius 2 is 1.70 bits per heavy atom. The molecular weight excluding hydrogens is 464 g/mol. The molecule has 0 aliphatic carbocycles. The average molecular weight is 483 g/mol. The van der Waals surface area contributed by atoms with Crippen molar-refractivity contribution >= 4 is 39.4 Å². The number of methoxy groups -OCH3 is 1. The summed E-state index contributed by atoms with van der Waals surface area (Å²) in [6.07, 6.45) is 1.36. The van der Waals surface area contributed by atoms with Gasteiger partial charge in [0.15, 0.2) is 11.5 Å². The number of amides is 1. The van der Waals surface area contributed by atoms with E-state index in [1.165, 1.54) is 55.7 Å². The molecule has 0 saturated heterocycles. The summed E-state index contributed by atoms with van der Waals surface area (Å²) in [4.78, 5) is 12.4. The van der Waals surface area contributed by atoms with Gasteiger partial charge >= 0.3 is 10.1 Å². The Kier molecular flexibility index (Phi) is 7.38. The summed E-state index contributed by atoms with van der Waals surface area (Å²) in [5.41, 5.74) is 1.90. The Morgan fingerprint density at radius 1 is 1.03 bits per heavy atom. The van der Waals surface area contributed by atoms with Gasteiger partial charge in [0.25, 0.3) is 5.91 Å². The minimum absolute atomic E-state index is 0.0489. The molecule has 0 aliphatic heterocycles. The first-order valence-corrected chi connectivity index (χ1v) is 11.4. The number of nitrogens with zero attached hydrogens (tertiary/aromatic N) is 1. The Labute approximate surface area is 197 Å². The van der Waals surface area contributed by atoms with E-state index < -0.39 is 16.0 Å². The van der Waals surface area contributed by atoms with Crippen molar-refractivity contribution in [1.82, 2.24) is 0 Å². The normalized spacial score (nSPS) is 11.4. The Hall–Kier alpha value is -3.80. The van der Waals surface area contributed by atoms with Crippen molar-refractivity contribution in [3.05, 3.63) is 88.5 Å². The third kappa shape index (κ3) is 6.13. The van der Waals surface area contributed by atoms with Gasteiger partial charge in [-0.15, -0.1) is 0 Å². The third-order valence-electron chi connectivity index (χ3n) is 4.48. The maximum absolute atomic E-state index is 12.5. The standard InChI is InChI=1S/C24H19ClN2O5S/c1-16-3-8-20(9-4-16)27-24(28)18(15-26)13-17-5-12-22(23(14-17)31-2)32-33(29,30)21-10-6-19(25)7-11-21/h3-14H,1-2H3,(H,27,28)/b18-13+. The zero-order chi connectivity index (χ0) is 24.0. The zero-order valence-corrected chi connectivity index (χ0v) is 19.3. The molecular formula is C24H19ClN2O5S. The molecule has 0 unspecified atom stereocenters. The highest BCUT2D eigenvalue weighted by atomic mass is 35.5. The van der Waals surface area contributed by atoms with Gasteiger partial charge in [-0.25, -0.2) is 0 Å². The van der Waals surface area contributed by atoms with Crippen LogP contribution < -0.4 is 14.2 Å². The monoisotopic (exact) mass is 482 g/mol. The molecule has 33 heavy (non-hydrogen) atoms. The fraction of sp³-hybridized carbons (Fsp3) is 0.0833. The van der Waals surface area contributed by atoms with E-state index in [-0.39, 0.29) is 22.0 Å². The number of carbonyl (C=O) groups excluding carboxylic acids is 1. The highest BCUT2D eigenvalue weighted by molar-refractivity contribution is 7.87. The van der Waals surface area contributed by atoms with Gasteiger partial charge in [-0.1, -0.05) is 35.4 Å². The number of rotatable bonds is 7. The number of aryl methyl sites for hydroxylation is 1. The predicted molar refractivity (Wildman–Crippen MR) is 126 cm³/mol. The fourth-order valence-corrected chi connectivity index (χ4v) is 3.83. The Balaban J connectivity index is 1.83. The number of benzene rings is 3. The van der Waals surface area contributed by atoms with Gasteiger partial charge in [-0.05, 0) is 67.1 Å². The van der Waals surface area contributed by atoms with Crippen molar-refractivity contribution in [3.63, 3.8) is 0 Å². The van der Waals surface area contributed by atoms with Crippen molar-refractivity contribution in [3.8, 4) is 17.6 Å². The van der Waals surface area contributed by atoms with Crippen LogP contribution in [0.15, 0.2) is 77.2 Å². The van der Waals surface area contributed by atoms with Gasteiger partial charge in [0, 0.05) is 10.7 Å². The van der Waals surface area contributed by atoms with Crippen molar-refractivity contribution < 1.29 is 22.1 Å². The maximum Gasteiger partial charge on any atom is 0.339 e. The molecule has 0 heterocycles. The lowest BCUT2D eigenvalue weighted by molar-refractivity contribution is -0.112. The first-order chi connectivity index (χ1) is 15.7. The molecule has 0 atom stereocenters. The smallest absolute Gasteiger partial charge is 0.339 e. The summed E-state index contributed by atoms with van der Waals surface area (Å²) in [5.74, 6) is -0.518. The molecule has 0 radical (unpaired) electrons. The molecule has 9 heteroatoms. The molecule has 0 spiro atoms. The van der Waals surface area contributed by atoms with E-state index in [9.17, 15) is 18.5 Å². The second-order valence-electron chi connectivity index (χ2n) is 6.89. The zero-order valence-electron chi connectivity index (χ0n) is 17.7. The number of ether oxygens (including phenoxy) is 1. The Bertz CT molecular complexity index is 1340. The first kappa shape index (κ1) is 23.9. The summed E-state index contributed by atoms with van der Waals surface area (Å²) in [7, 11) is -2.78. The molecule has 3 rings (SSSR count). The van der Waals surface area contributed by atoms with Gasteiger partial charge in [0.1, 0.15) is 16.5 Å². The van der Waals surface area contributed by atoms with Crippen LogP contribution in [0.2, 0.25) is 5.02 Å². The highest BCUT2D eigenvalue weighted by Crippen LogP contribution is 2.31. The van der Waals surface area contributed by atoms with Gasteiger partial charge < -0.3 is 14.2 Å². The minimum atomic E-state index is -4.12. The lowest BCUT2D eigenvalue weighted by Gasteiger charge is -2.11. The lowest BCUT2D eigenvalue weighted by Crippen LogP contribution is -2.13. The molecule has 168 valence electrons. The summed E-state index contributed by atoms with van der Waals surface area (Å²) in [5, 5.41) is 12.5. The van der Waals surface area contributed by atoms with Gasteiger partial charge in [-0.2, -0.15) is 13.7 Å². The number of carbonyl (C=O) groups is 1. The van der Waals surface area contributed by atoms with Crippen LogP contribution in [0.4, 0.5) is 5.69 Å². The second-order valence-corrected chi connectivity index (χ2v) is 8.87. The average Bonchev–Trinajstić information content (AvgIpc) is 2.79. The molecule has 0 bridgehead atoms. The van der Waals surface area contributed by atoms with E-state index in [2.05, 4.69) is 5.32 Å². The minimum Gasteiger partial charge on any atom is -0.493 e. The van der Waals surface area contributed by atoms with Crippen LogP contribution in [0.3, 0.4) is 0 Å².